The van der Waals surface area contributed by atoms with Gasteiger partial charge in [-0.2, -0.15) is 9.97 Å². The van der Waals surface area contributed by atoms with Crippen molar-refractivity contribution in [1.29, 1.82) is 0 Å². The number of nitrogens with two attached hydrogens (primary N) is 1. The summed E-state index contributed by atoms with van der Waals surface area (Å²) in [5, 5.41) is 0. The molecule has 2 N–H and O–H groups in total. The molecule has 0 atom stereocenters. The number of nitrogens with zero attached hydrogens (tertiary/aromatic N) is 2. The molecular weight excluding hydrogens is 170 g/mol. The molecule has 1 aromatic rings. The van der Waals surface area contributed by atoms with E-state index in [-0.39, 0.29) is 6.01 Å². The Morgan fingerprint density at radius 1 is 1.23 bits per heavy atom. The second-order valence-electron chi connectivity index (χ2n) is 2.28. The molecule has 5 heteroatoms. The summed E-state index contributed by atoms with van der Waals surface area (Å²) in [4.78, 5) is 7.85. The Kier molecular flexibility index (Phi) is 3.31. The Labute approximate surface area is 76.9 Å². The third-order valence-electron chi connectivity index (χ3n) is 1.27. The minimum Gasteiger partial charge on any atom is -0.478 e. The first-order valence-electron chi connectivity index (χ1n) is 4.16. The Balaban J connectivity index is 2.83. The van der Waals surface area contributed by atoms with Crippen molar-refractivity contribution in [1.82, 2.24) is 9.97 Å². The van der Waals surface area contributed by atoms with Gasteiger partial charge in [0.25, 0.3) is 0 Å². The summed E-state index contributed by atoms with van der Waals surface area (Å²) in [6.45, 7) is 4.78. The molecule has 1 aromatic heterocycles. The molecule has 1 heterocycles. The minimum atomic E-state index is 0.256. The van der Waals surface area contributed by atoms with Crippen molar-refractivity contribution in [3.63, 3.8) is 0 Å². The number of anilines is 1. The van der Waals surface area contributed by atoms with E-state index in [1.807, 2.05) is 13.8 Å². The number of nitrogen functional groups attached to an aromatic ring is 1. The average molecular weight is 183 g/mol. The average Bonchev–Trinajstić information content (AvgIpc) is 2.04. The molecule has 0 amide bonds. The summed E-state index contributed by atoms with van der Waals surface area (Å²) in [6.07, 6.45) is 0. The van der Waals surface area contributed by atoms with Crippen molar-refractivity contribution in [2.45, 2.75) is 13.8 Å². The highest BCUT2D eigenvalue weighted by atomic mass is 16.5. The van der Waals surface area contributed by atoms with Crippen LogP contribution in [0.2, 0.25) is 0 Å². The predicted octanol–water partition coefficient (Wildman–Crippen LogP) is 0.856. The molecule has 0 aliphatic carbocycles. The van der Waals surface area contributed by atoms with E-state index in [4.69, 9.17) is 15.2 Å². The van der Waals surface area contributed by atoms with Gasteiger partial charge in [-0.25, -0.2) is 0 Å². The minimum absolute atomic E-state index is 0.256. The molecule has 0 aliphatic rings. The molecule has 72 valence electrons. The summed E-state index contributed by atoms with van der Waals surface area (Å²) in [6, 6.07) is 1.82. The van der Waals surface area contributed by atoms with Crippen LogP contribution in [-0.2, 0) is 0 Å². The van der Waals surface area contributed by atoms with Crippen LogP contribution in [0.4, 0.5) is 5.82 Å². The van der Waals surface area contributed by atoms with Crippen LogP contribution in [0.1, 0.15) is 13.8 Å². The highest BCUT2D eigenvalue weighted by molar-refractivity contribution is 5.34. The van der Waals surface area contributed by atoms with Crippen LogP contribution in [0.3, 0.4) is 0 Å². The van der Waals surface area contributed by atoms with Crippen LogP contribution < -0.4 is 15.2 Å². The fourth-order valence-corrected chi connectivity index (χ4v) is 0.836. The lowest BCUT2D eigenvalue weighted by molar-refractivity contribution is 0.290. The van der Waals surface area contributed by atoms with E-state index in [1.165, 1.54) is 0 Å². The lowest BCUT2D eigenvalue weighted by atomic mass is 10.6. The number of aromatic nitrogens is 2. The van der Waals surface area contributed by atoms with E-state index in [1.54, 1.807) is 6.07 Å². The molecule has 0 bridgehead atoms. The molecule has 0 aliphatic heterocycles. The standard InChI is InChI=1S/C8H13N3O2/c1-3-12-7-5-6(9)10-8(11-7)13-4-2/h5H,3-4H2,1-2H3,(H2,9,10,11). The third-order valence-corrected chi connectivity index (χ3v) is 1.27. The zero-order chi connectivity index (χ0) is 9.68. The van der Waals surface area contributed by atoms with Crippen LogP contribution >= 0.6 is 0 Å². The summed E-state index contributed by atoms with van der Waals surface area (Å²) in [7, 11) is 0. The van der Waals surface area contributed by atoms with Gasteiger partial charge in [0.15, 0.2) is 0 Å². The maximum absolute atomic E-state index is 5.51. The first-order valence-corrected chi connectivity index (χ1v) is 4.16. The van der Waals surface area contributed by atoms with Crippen molar-refractivity contribution < 1.29 is 9.47 Å². The Morgan fingerprint density at radius 2 is 1.92 bits per heavy atom. The lowest BCUT2D eigenvalue weighted by Gasteiger charge is -2.05. The van der Waals surface area contributed by atoms with Gasteiger partial charge in [-0.05, 0) is 13.8 Å². The first-order chi connectivity index (χ1) is 6.26. The molecule has 5 nitrogen and oxygen atoms in total. The Hall–Kier alpha value is -1.52. The van der Waals surface area contributed by atoms with Gasteiger partial charge in [0.05, 0.1) is 13.2 Å². The van der Waals surface area contributed by atoms with E-state index in [0.717, 1.165) is 0 Å². The van der Waals surface area contributed by atoms with Gasteiger partial charge < -0.3 is 15.2 Å². The predicted molar refractivity (Wildman–Crippen MR) is 48.8 cm³/mol. The lowest BCUT2D eigenvalue weighted by Crippen LogP contribution is -2.03. The van der Waals surface area contributed by atoms with Crippen molar-refractivity contribution >= 4 is 5.82 Å². The molecule has 0 saturated carbocycles. The normalized spacial score (nSPS) is 9.69. The molecular formula is C8H13N3O2. The molecule has 13 heavy (non-hydrogen) atoms. The number of rotatable bonds is 4. The molecule has 0 saturated heterocycles. The maximum Gasteiger partial charge on any atom is 0.321 e. The third kappa shape index (κ3) is 2.77. The number of hydrogen-bond donors (Lipinski definition) is 1. The zero-order valence-corrected chi connectivity index (χ0v) is 7.78. The molecule has 0 aromatic carbocycles. The largest absolute Gasteiger partial charge is 0.478 e. The van der Waals surface area contributed by atoms with E-state index >= 15 is 0 Å². The van der Waals surface area contributed by atoms with E-state index in [0.29, 0.717) is 24.9 Å². The smallest absolute Gasteiger partial charge is 0.321 e. The second-order valence-corrected chi connectivity index (χ2v) is 2.28. The topological polar surface area (TPSA) is 70.3 Å². The SMILES string of the molecule is CCOc1cc(N)nc(OCC)n1. The molecule has 1 rings (SSSR count). The van der Waals surface area contributed by atoms with Gasteiger partial charge in [0, 0.05) is 6.07 Å². The maximum atomic E-state index is 5.51. The summed E-state index contributed by atoms with van der Waals surface area (Å²) >= 11 is 0. The van der Waals surface area contributed by atoms with Crippen molar-refractivity contribution in [3.8, 4) is 11.9 Å². The van der Waals surface area contributed by atoms with E-state index < -0.39 is 0 Å². The van der Waals surface area contributed by atoms with Crippen molar-refractivity contribution in [2.75, 3.05) is 18.9 Å². The van der Waals surface area contributed by atoms with Crippen LogP contribution in [0.5, 0.6) is 11.9 Å². The molecule has 0 radical (unpaired) electrons. The van der Waals surface area contributed by atoms with Gasteiger partial charge >= 0.3 is 6.01 Å². The summed E-state index contributed by atoms with van der Waals surface area (Å²) < 4.78 is 10.3. The number of ether oxygens (including phenoxy) is 2. The highest BCUT2D eigenvalue weighted by Crippen LogP contribution is 2.14. The first kappa shape index (κ1) is 9.57. The van der Waals surface area contributed by atoms with Gasteiger partial charge in [-0.1, -0.05) is 0 Å². The van der Waals surface area contributed by atoms with Crippen LogP contribution in [0, 0.1) is 0 Å². The second kappa shape index (κ2) is 4.49. The monoisotopic (exact) mass is 183 g/mol. The fourth-order valence-electron chi connectivity index (χ4n) is 0.836. The van der Waals surface area contributed by atoms with Crippen LogP contribution in [0.15, 0.2) is 6.07 Å². The molecule has 0 unspecified atom stereocenters. The molecule has 0 fully saturated rings. The van der Waals surface area contributed by atoms with Gasteiger partial charge in [-0.3, -0.25) is 0 Å². The van der Waals surface area contributed by atoms with Crippen LogP contribution in [-0.4, -0.2) is 23.2 Å². The summed E-state index contributed by atoms with van der Waals surface area (Å²) in [5.41, 5.74) is 5.51. The quantitative estimate of drug-likeness (QED) is 0.749. The van der Waals surface area contributed by atoms with Crippen molar-refractivity contribution in [2.24, 2.45) is 0 Å². The van der Waals surface area contributed by atoms with Crippen LogP contribution in [0.25, 0.3) is 0 Å². The van der Waals surface area contributed by atoms with Crippen molar-refractivity contribution in [3.05, 3.63) is 6.07 Å². The Morgan fingerprint density at radius 3 is 2.54 bits per heavy atom. The van der Waals surface area contributed by atoms with Gasteiger partial charge in [-0.15, -0.1) is 0 Å². The van der Waals surface area contributed by atoms with Gasteiger partial charge in [0.1, 0.15) is 5.82 Å². The number of hydrogen-bond acceptors (Lipinski definition) is 5. The van der Waals surface area contributed by atoms with E-state index in [9.17, 15) is 0 Å². The van der Waals surface area contributed by atoms with E-state index in [2.05, 4.69) is 9.97 Å². The highest BCUT2D eigenvalue weighted by Gasteiger charge is 2.02. The summed E-state index contributed by atoms with van der Waals surface area (Å²) in [5.74, 6) is 0.792. The zero-order valence-electron chi connectivity index (χ0n) is 7.78. The Bertz CT molecular complexity index is 254. The van der Waals surface area contributed by atoms with Gasteiger partial charge in [0.2, 0.25) is 5.88 Å². The fraction of sp³-hybridized carbons (Fsp3) is 0.500. The molecule has 0 spiro atoms.